The largest absolute Gasteiger partial charge is 0.380 e. The summed E-state index contributed by atoms with van der Waals surface area (Å²) in [5.74, 6) is 0. The van der Waals surface area contributed by atoms with Crippen molar-refractivity contribution >= 4 is 15.9 Å². The molecule has 0 aliphatic carbocycles. The van der Waals surface area contributed by atoms with Gasteiger partial charge in [0.2, 0.25) is 0 Å². The number of unbranched alkanes of at least 4 members (excludes halogenated alkanes) is 1. The van der Waals surface area contributed by atoms with E-state index in [1.807, 2.05) is 0 Å². The number of aromatic nitrogens is 2. The Morgan fingerprint density at radius 2 is 2.25 bits per heavy atom. The van der Waals surface area contributed by atoms with Crippen molar-refractivity contribution in [2.24, 2.45) is 0 Å². The van der Waals surface area contributed by atoms with E-state index in [0.29, 0.717) is 23.3 Å². The zero-order chi connectivity index (χ0) is 12.0. The Hall–Kier alpha value is -0.680. The standard InChI is InChI=1S/C11H17BrN2O2/c1-3-4-6-16-7-5-14-8-13-9(2)10(12)11(14)15/h8H,3-7H2,1-2H3. The van der Waals surface area contributed by atoms with Gasteiger partial charge in [-0.2, -0.15) is 0 Å². The molecule has 1 aromatic rings. The molecular formula is C11H17BrN2O2. The predicted octanol–water partition coefficient (Wildman–Crippen LogP) is 2.13. The van der Waals surface area contributed by atoms with E-state index in [0.717, 1.165) is 19.4 Å². The summed E-state index contributed by atoms with van der Waals surface area (Å²) in [7, 11) is 0. The lowest BCUT2D eigenvalue weighted by Crippen LogP contribution is -2.24. The van der Waals surface area contributed by atoms with E-state index >= 15 is 0 Å². The van der Waals surface area contributed by atoms with Gasteiger partial charge in [-0.1, -0.05) is 13.3 Å². The van der Waals surface area contributed by atoms with Crippen LogP contribution in [0.25, 0.3) is 0 Å². The minimum absolute atomic E-state index is 0.0495. The molecule has 0 bridgehead atoms. The lowest BCUT2D eigenvalue weighted by atomic mass is 10.4. The van der Waals surface area contributed by atoms with Crippen LogP contribution in [0.3, 0.4) is 0 Å². The van der Waals surface area contributed by atoms with Crippen molar-refractivity contribution in [3.05, 3.63) is 26.8 Å². The average molecular weight is 289 g/mol. The molecule has 0 saturated carbocycles. The number of hydrogen-bond donors (Lipinski definition) is 0. The van der Waals surface area contributed by atoms with Gasteiger partial charge < -0.3 is 4.74 Å². The van der Waals surface area contributed by atoms with Gasteiger partial charge in [-0.25, -0.2) is 4.98 Å². The van der Waals surface area contributed by atoms with Crippen LogP contribution in [0, 0.1) is 6.92 Å². The second-order valence-electron chi connectivity index (χ2n) is 3.61. The molecule has 1 aromatic heterocycles. The summed E-state index contributed by atoms with van der Waals surface area (Å²) < 4.78 is 7.49. The lowest BCUT2D eigenvalue weighted by molar-refractivity contribution is 0.122. The van der Waals surface area contributed by atoms with Crippen LogP contribution in [0.1, 0.15) is 25.5 Å². The maximum atomic E-state index is 11.7. The fraction of sp³-hybridized carbons (Fsp3) is 0.636. The molecule has 0 N–H and O–H groups in total. The third kappa shape index (κ3) is 3.72. The van der Waals surface area contributed by atoms with Gasteiger partial charge in [-0.3, -0.25) is 9.36 Å². The Morgan fingerprint density at radius 1 is 1.50 bits per heavy atom. The van der Waals surface area contributed by atoms with E-state index in [1.54, 1.807) is 17.8 Å². The number of halogens is 1. The van der Waals surface area contributed by atoms with E-state index in [2.05, 4.69) is 27.8 Å². The highest BCUT2D eigenvalue weighted by molar-refractivity contribution is 9.10. The summed E-state index contributed by atoms with van der Waals surface area (Å²) >= 11 is 3.23. The van der Waals surface area contributed by atoms with E-state index < -0.39 is 0 Å². The summed E-state index contributed by atoms with van der Waals surface area (Å²) in [5.41, 5.74) is 0.666. The predicted molar refractivity (Wildman–Crippen MR) is 66.7 cm³/mol. The molecule has 1 heterocycles. The SMILES string of the molecule is CCCCOCCn1cnc(C)c(Br)c1=O. The fourth-order valence-electron chi connectivity index (χ4n) is 1.22. The highest BCUT2D eigenvalue weighted by Crippen LogP contribution is 2.05. The molecular weight excluding hydrogens is 272 g/mol. The van der Waals surface area contributed by atoms with Crippen LogP contribution in [0.15, 0.2) is 15.6 Å². The summed E-state index contributed by atoms with van der Waals surface area (Å²) in [6.07, 6.45) is 3.74. The molecule has 0 spiro atoms. The van der Waals surface area contributed by atoms with Crippen molar-refractivity contribution < 1.29 is 4.74 Å². The Bertz CT molecular complexity index is 390. The van der Waals surface area contributed by atoms with E-state index in [1.165, 1.54) is 0 Å². The van der Waals surface area contributed by atoms with E-state index in [-0.39, 0.29) is 5.56 Å². The maximum Gasteiger partial charge on any atom is 0.267 e. The van der Waals surface area contributed by atoms with Crippen LogP contribution in [0.2, 0.25) is 0 Å². The van der Waals surface area contributed by atoms with Gasteiger partial charge in [0.05, 0.1) is 25.2 Å². The molecule has 0 atom stereocenters. The third-order valence-electron chi connectivity index (χ3n) is 2.28. The molecule has 1 rings (SSSR count). The van der Waals surface area contributed by atoms with Gasteiger partial charge in [0.1, 0.15) is 4.47 Å². The zero-order valence-corrected chi connectivity index (χ0v) is 11.3. The van der Waals surface area contributed by atoms with Crippen molar-refractivity contribution in [2.45, 2.75) is 33.2 Å². The van der Waals surface area contributed by atoms with Gasteiger partial charge >= 0.3 is 0 Å². The van der Waals surface area contributed by atoms with Crippen LogP contribution < -0.4 is 5.56 Å². The number of aryl methyl sites for hydroxylation is 1. The van der Waals surface area contributed by atoms with E-state index in [9.17, 15) is 4.79 Å². The van der Waals surface area contributed by atoms with Crippen LogP contribution in [0.5, 0.6) is 0 Å². The van der Waals surface area contributed by atoms with Crippen molar-refractivity contribution in [1.29, 1.82) is 0 Å². The van der Waals surface area contributed by atoms with Crippen molar-refractivity contribution in [1.82, 2.24) is 9.55 Å². The average Bonchev–Trinajstić information content (AvgIpc) is 2.28. The Morgan fingerprint density at radius 3 is 2.94 bits per heavy atom. The molecule has 0 fully saturated rings. The number of ether oxygens (including phenoxy) is 1. The van der Waals surface area contributed by atoms with Gasteiger partial charge in [-0.15, -0.1) is 0 Å². The number of hydrogen-bond acceptors (Lipinski definition) is 3. The number of nitrogens with zero attached hydrogens (tertiary/aromatic N) is 2. The molecule has 0 saturated heterocycles. The molecule has 0 unspecified atom stereocenters. The minimum atomic E-state index is -0.0495. The first kappa shape index (κ1) is 13.4. The third-order valence-corrected chi connectivity index (χ3v) is 3.19. The second kappa shape index (κ2) is 6.81. The molecule has 5 heteroatoms. The van der Waals surface area contributed by atoms with Crippen molar-refractivity contribution in [2.75, 3.05) is 13.2 Å². The topological polar surface area (TPSA) is 44.1 Å². The van der Waals surface area contributed by atoms with Crippen LogP contribution in [-0.4, -0.2) is 22.8 Å². The Kier molecular flexibility index (Phi) is 5.69. The molecule has 0 aliphatic rings. The normalized spacial score (nSPS) is 10.7. The highest BCUT2D eigenvalue weighted by Gasteiger charge is 2.04. The summed E-state index contributed by atoms with van der Waals surface area (Å²) in [4.78, 5) is 15.8. The molecule has 0 radical (unpaired) electrons. The van der Waals surface area contributed by atoms with Gasteiger partial charge in [0, 0.05) is 6.61 Å². The van der Waals surface area contributed by atoms with Crippen LogP contribution >= 0.6 is 15.9 Å². The monoisotopic (exact) mass is 288 g/mol. The quantitative estimate of drug-likeness (QED) is 0.754. The minimum Gasteiger partial charge on any atom is -0.380 e. The molecule has 0 aliphatic heterocycles. The zero-order valence-electron chi connectivity index (χ0n) is 9.70. The Labute approximate surface area is 104 Å². The second-order valence-corrected chi connectivity index (χ2v) is 4.40. The first-order valence-electron chi connectivity index (χ1n) is 5.46. The first-order chi connectivity index (χ1) is 7.66. The lowest BCUT2D eigenvalue weighted by Gasteiger charge is -2.07. The van der Waals surface area contributed by atoms with Crippen molar-refractivity contribution in [3.8, 4) is 0 Å². The smallest absolute Gasteiger partial charge is 0.267 e. The molecule has 4 nitrogen and oxygen atoms in total. The van der Waals surface area contributed by atoms with Gasteiger partial charge in [0.15, 0.2) is 0 Å². The van der Waals surface area contributed by atoms with Crippen LogP contribution in [0.4, 0.5) is 0 Å². The first-order valence-corrected chi connectivity index (χ1v) is 6.25. The van der Waals surface area contributed by atoms with Gasteiger partial charge in [-0.05, 0) is 29.3 Å². The highest BCUT2D eigenvalue weighted by atomic mass is 79.9. The maximum absolute atomic E-state index is 11.7. The summed E-state index contributed by atoms with van der Waals surface area (Å²) in [6.45, 7) is 5.78. The fourth-order valence-corrected chi connectivity index (χ4v) is 1.55. The summed E-state index contributed by atoms with van der Waals surface area (Å²) in [5, 5.41) is 0. The molecule has 0 aromatic carbocycles. The van der Waals surface area contributed by atoms with E-state index in [4.69, 9.17) is 4.74 Å². The molecule has 90 valence electrons. The summed E-state index contributed by atoms with van der Waals surface area (Å²) in [6, 6.07) is 0. The van der Waals surface area contributed by atoms with Crippen LogP contribution in [-0.2, 0) is 11.3 Å². The Balaban J connectivity index is 2.49. The molecule has 16 heavy (non-hydrogen) atoms. The number of rotatable bonds is 6. The van der Waals surface area contributed by atoms with Gasteiger partial charge in [0.25, 0.3) is 5.56 Å². The van der Waals surface area contributed by atoms with Crippen molar-refractivity contribution in [3.63, 3.8) is 0 Å². The molecule has 0 amide bonds.